The zero-order chi connectivity index (χ0) is 10.7. The van der Waals surface area contributed by atoms with Gasteiger partial charge < -0.3 is 5.32 Å². The molecule has 1 aromatic heterocycles. The van der Waals surface area contributed by atoms with E-state index >= 15 is 0 Å². The van der Waals surface area contributed by atoms with Gasteiger partial charge in [0.05, 0.1) is 16.9 Å². The Hall–Kier alpha value is -1.03. The summed E-state index contributed by atoms with van der Waals surface area (Å²) in [5.74, 6) is -0.0529. The van der Waals surface area contributed by atoms with Crippen LogP contribution in [0, 0.1) is 6.92 Å². The summed E-state index contributed by atoms with van der Waals surface area (Å²) in [6, 6.07) is 0.147. The van der Waals surface area contributed by atoms with Crippen LogP contribution in [-0.2, 0) is 11.3 Å². The van der Waals surface area contributed by atoms with Crippen molar-refractivity contribution < 1.29 is 4.79 Å². The number of aromatic nitrogens is 2. The van der Waals surface area contributed by atoms with Crippen LogP contribution in [0.1, 0.15) is 19.5 Å². The molecule has 14 heavy (non-hydrogen) atoms. The van der Waals surface area contributed by atoms with Crippen molar-refractivity contribution >= 4 is 17.5 Å². The molecule has 0 saturated heterocycles. The molecule has 1 aromatic rings. The first kappa shape index (κ1) is 11.0. The minimum atomic E-state index is -0.0529. The fourth-order valence-corrected chi connectivity index (χ4v) is 1.23. The van der Waals surface area contributed by atoms with E-state index in [-0.39, 0.29) is 18.5 Å². The molecule has 78 valence electrons. The van der Waals surface area contributed by atoms with E-state index in [1.54, 1.807) is 10.9 Å². The van der Waals surface area contributed by atoms with Gasteiger partial charge in [-0.1, -0.05) is 11.6 Å². The lowest BCUT2D eigenvalue weighted by molar-refractivity contribution is -0.122. The standard InChI is InChI=1S/C9H14ClN3O/c1-6(2)12-9(14)5-13-7(3)8(10)4-11-13/h4,6H,5H2,1-3H3,(H,12,14). The van der Waals surface area contributed by atoms with Gasteiger partial charge in [-0.25, -0.2) is 0 Å². The van der Waals surface area contributed by atoms with Crippen molar-refractivity contribution in [2.45, 2.75) is 33.4 Å². The highest BCUT2D eigenvalue weighted by Gasteiger charge is 2.08. The Kier molecular flexibility index (Phi) is 3.52. The van der Waals surface area contributed by atoms with E-state index in [0.717, 1.165) is 5.69 Å². The number of carbonyl (C=O) groups excluding carboxylic acids is 1. The average molecular weight is 216 g/mol. The first-order chi connectivity index (χ1) is 6.50. The van der Waals surface area contributed by atoms with Crippen molar-refractivity contribution in [2.75, 3.05) is 0 Å². The summed E-state index contributed by atoms with van der Waals surface area (Å²) < 4.78 is 1.58. The van der Waals surface area contributed by atoms with Crippen LogP contribution in [-0.4, -0.2) is 21.7 Å². The Labute approximate surface area is 88.2 Å². The van der Waals surface area contributed by atoms with E-state index in [9.17, 15) is 4.79 Å². The van der Waals surface area contributed by atoms with E-state index in [1.807, 2.05) is 20.8 Å². The number of halogens is 1. The summed E-state index contributed by atoms with van der Waals surface area (Å²) >= 11 is 5.80. The molecule has 0 saturated carbocycles. The highest BCUT2D eigenvalue weighted by molar-refractivity contribution is 6.31. The van der Waals surface area contributed by atoms with E-state index in [1.165, 1.54) is 0 Å². The number of nitrogens with one attached hydrogen (secondary N) is 1. The van der Waals surface area contributed by atoms with Crippen LogP contribution in [0.5, 0.6) is 0 Å². The van der Waals surface area contributed by atoms with E-state index in [0.29, 0.717) is 5.02 Å². The highest BCUT2D eigenvalue weighted by Crippen LogP contribution is 2.12. The second-order valence-corrected chi connectivity index (χ2v) is 3.86. The second kappa shape index (κ2) is 4.46. The summed E-state index contributed by atoms with van der Waals surface area (Å²) in [5.41, 5.74) is 0.811. The number of hydrogen-bond acceptors (Lipinski definition) is 2. The summed E-state index contributed by atoms with van der Waals surface area (Å²) in [6.07, 6.45) is 1.54. The number of amides is 1. The Bertz CT molecular complexity index is 333. The lowest BCUT2D eigenvalue weighted by Gasteiger charge is -2.09. The van der Waals surface area contributed by atoms with E-state index < -0.39 is 0 Å². The van der Waals surface area contributed by atoms with E-state index in [2.05, 4.69) is 10.4 Å². The molecule has 0 aliphatic carbocycles. The van der Waals surface area contributed by atoms with Crippen molar-refractivity contribution in [3.05, 3.63) is 16.9 Å². The van der Waals surface area contributed by atoms with Crippen LogP contribution in [0.4, 0.5) is 0 Å². The minimum absolute atomic E-state index is 0.0529. The fourth-order valence-electron chi connectivity index (χ4n) is 1.09. The van der Waals surface area contributed by atoms with Gasteiger partial charge in [-0.3, -0.25) is 9.48 Å². The molecule has 0 unspecified atom stereocenters. The lowest BCUT2D eigenvalue weighted by atomic mass is 10.4. The maximum absolute atomic E-state index is 11.4. The number of hydrogen-bond donors (Lipinski definition) is 1. The molecule has 1 rings (SSSR count). The average Bonchev–Trinajstić information content (AvgIpc) is 2.34. The molecule has 1 heterocycles. The fraction of sp³-hybridized carbons (Fsp3) is 0.556. The zero-order valence-corrected chi connectivity index (χ0v) is 9.30. The Balaban J connectivity index is 2.61. The monoisotopic (exact) mass is 215 g/mol. The van der Waals surface area contributed by atoms with Crippen molar-refractivity contribution in [2.24, 2.45) is 0 Å². The Morgan fingerprint density at radius 2 is 2.36 bits per heavy atom. The maximum atomic E-state index is 11.4. The largest absolute Gasteiger partial charge is 0.352 e. The van der Waals surface area contributed by atoms with Gasteiger partial charge in [0.15, 0.2) is 0 Å². The van der Waals surface area contributed by atoms with Crippen LogP contribution >= 0.6 is 11.6 Å². The normalized spacial score (nSPS) is 10.6. The van der Waals surface area contributed by atoms with Crippen molar-refractivity contribution in [1.29, 1.82) is 0 Å². The van der Waals surface area contributed by atoms with Crippen molar-refractivity contribution in [1.82, 2.24) is 15.1 Å². The molecule has 5 heteroatoms. The predicted octanol–water partition coefficient (Wildman–Crippen LogP) is 1.37. The minimum Gasteiger partial charge on any atom is -0.352 e. The third-order valence-corrected chi connectivity index (χ3v) is 2.16. The van der Waals surface area contributed by atoms with Crippen LogP contribution < -0.4 is 5.32 Å². The topological polar surface area (TPSA) is 46.9 Å². The van der Waals surface area contributed by atoms with Gasteiger partial charge in [0, 0.05) is 6.04 Å². The van der Waals surface area contributed by atoms with Crippen molar-refractivity contribution in [3.8, 4) is 0 Å². The van der Waals surface area contributed by atoms with Crippen LogP contribution in [0.15, 0.2) is 6.20 Å². The molecular weight excluding hydrogens is 202 g/mol. The Morgan fingerprint density at radius 3 is 2.79 bits per heavy atom. The van der Waals surface area contributed by atoms with Crippen LogP contribution in [0.3, 0.4) is 0 Å². The first-order valence-electron chi connectivity index (χ1n) is 4.48. The molecule has 1 amide bonds. The smallest absolute Gasteiger partial charge is 0.241 e. The van der Waals surface area contributed by atoms with Gasteiger partial charge in [0.1, 0.15) is 6.54 Å². The molecule has 0 atom stereocenters. The Morgan fingerprint density at radius 1 is 1.71 bits per heavy atom. The molecular formula is C9H14ClN3O. The third-order valence-electron chi connectivity index (χ3n) is 1.79. The molecule has 0 aliphatic rings. The highest BCUT2D eigenvalue weighted by atomic mass is 35.5. The van der Waals surface area contributed by atoms with Gasteiger partial charge in [0.25, 0.3) is 0 Å². The SMILES string of the molecule is Cc1c(Cl)cnn1CC(=O)NC(C)C. The number of carbonyl (C=O) groups is 1. The van der Waals surface area contributed by atoms with Crippen LogP contribution in [0.25, 0.3) is 0 Å². The molecule has 0 bridgehead atoms. The molecule has 1 N–H and O–H groups in total. The molecule has 0 aliphatic heterocycles. The van der Waals surface area contributed by atoms with Gasteiger partial charge in [0.2, 0.25) is 5.91 Å². The molecule has 0 spiro atoms. The third kappa shape index (κ3) is 2.73. The number of nitrogens with zero attached hydrogens (tertiary/aromatic N) is 2. The van der Waals surface area contributed by atoms with Crippen LogP contribution in [0.2, 0.25) is 5.02 Å². The number of rotatable bonds is 3. The van der Waals surface area contributed by atoms with Crippen molar-refractivity contribution in [3.63, 3.8) is 0 Å². The van der Waals surface area contributed by atoms with E-state index in [4.69, 9.17) is 11.6 Å². The summed E-state index contributed by atoms with van der Waals surface area (Å²) in [4.78, 5) is 11.4. The quantitative estimate of drug-likeness (QED) is 0.828. The lowest BCUT2D eigenvalue weighted by Crippen LogP contribution is -2.33. The molecule has 0 aromatic carbocycles. The van der Waals surface area contributed by atoms with Gasteiger partial charge >= 0.3 is 0 Å². The second-order valence-electron chi connectivity index (χ2n) is 3.46. The molecule has 0 radical (unpaired) electrons. The summed E-state index contributed by atoms with van der Waals surface area (Å²) in [6.45, 7) is 5.89. The summed E-state index contributed by atoms with van der Waals surface area (Å²) in [7, 11) is 0. The van der Waals surface area contributed by atoms with Gasteiger partial charge in [-0.2, -0.15) is 5.10 Å². The predicted molar refractivity (Wildman–Crippen MR) is 55.3 cm³/mol. The first-order valence-corrected chi connectivity index (χ1v) is 4.85. The molecule has 0 fully saturated rings. The summed E-state index contributed by atoms with van der Waals surface area (Å²) in [5, 5.41) is 7.36. The van der Waals surface area contributed by atoms with Gasteiger partial charge in [-0.05, 0) is 20.8 Å². The molecule has 4 nitrogen and oxygen atoms in total. The van der Waals surface area contributed by atoms with Gasteiger partial charge in [-0.15, -0.1) is 0 Å². The zero-order valence-electron chi connectivity index (χ0n) is 8.54. The maximum Gasteiger partial charge on any atom is 0.241 e.